The Hall–Kier alpha value is -0.220. The van der Waals surface area contributed by atoms with Crippen molar-refractivity contribution in [3.63, 3.8) is 0 Å². The van der Waals surface area contributed by atoms with Crippen LogP contribution < -0.4 is 0 Å². The number of hydrogen-bond donors (Lipinski definition) is 1. The summed E-state index contributed by atoms with van der Waals surface area (Å²) in [5.41, 5.74) is -0.394. The first-order chi connectivity index (χ1) is 5.68. The lowest BCUT2D eigenvalue weighted by Gasteiger charge is -2.34. The van der Waals surface area contributed by atoms with Gasteiger partial charge in [-0.15, -0.1) is 0 Å². The molecule has 3 nitrogen and oxygen atoms in total. The molecule has 0 radical (unpaired) electrons. The number of carboxylic acid groups (broad SMARTS) is 1. The van der Waals surface area contributed by atoms with Crippen molar-refractivity contribution in [2.45, 2.75) is 24.9 Å². The number of carboxylic acids is 1. The van der Waals surface area contributed by atoms with Gasteiger partial charge in [-0.2, -0.15) is 11.8 Å². The number of aliphatic carboxylic acids is 1. The summed E-state index contributed by atoms with van der Waals surface area (Å²) in [6, 6.07) is 0. The maximum Gasteiger partial charge on any atom is 0.306 e. The Morgan fingerprint density at radius 2 is 2.50 bits per heavy atom. The van der Waals surface area contributed by atoms with E-state index in [9.17, 15) is 4.79 Å². The SMILES string of the molecule is COC1(CC(=O)O)CCCSC1. The highest BCUT2D eigenvalue weighted by molar-refractivity contribution is 7.99. The van der Waals surface area contributed by atoms with Crippen LogP contribution in [0.25, 0.3) is 0 Å². The molecule has 0 saturated carbocycles. The molecule has 0 amide bonds. The maximum absolute atomic E-state index is 10.5. The Labute approximate surface area is 76.5 Å². The van der Waals surface area contributed by atoms with Crippen LogP contribution >= 0.6 is 11.8 Å². The van der Waals surface area contributed by atoms with Crippen LogP contribution in [0.5, 0.6) is 0 Å². The summed E-state index contributed by atoms with van der Waals surface area (Å²) in [4.78, 5) is 10.5. The number of rotatable bonds is 3. The van der Waals surface area contributed by atoms with E-state index in [0.717, 1.165) is 24.3 Å². The lowest BCUT2D eigenvalue weighted by atomic mass is 9.95. The second kappa shape index (κ2) is 4.14. The Balaban J connectivity index is 2.53. The Bertz CT molecular complexity index is 164. The standard InChI is InChI=1S/C8H14O3S/c1-11-8(5-7(9)10)3-2-4-12-6-8/h2-6H2,1H3,(H,9,10). The van der Waals surface area contributed by atoms with Gasteiger partial charge in [0.05, 0.1) is 12.0 Å². The molecular formula is C8H14O3S. The minimum atomic E-state index is -0.764. The zero-order chi connectivity index (χ0) is 9.03. The third kappa shape index (κ3) is 2.38. The van der Waals surface area contributed by atoms with Gasteiger partial charge in [-0.25, -0.2) is 0 Å². The molecule has 1 aliphatic rings. The molecule has 70 valence electrons. The first-order valence-electron chi connectivity index (χ1n) is 4.03. The Morgan fingerprint density at radius 1 is 1.75 bits per heavy atom. The molecule has 1 saturated heterocycles. The predicted octanol–water partition coefficient (Wildman–Crippen LogP) is 1.37. The van der Waals surface area contributed by atoms with E-state index in [1.807, 2.05) is 0 Å². The molecule has 1 rings (SSSR count). The average molecular weight is 190 g/mol. The summed E-state index contributed by atoms with van der Waals surface area (Å²) < 4.78 is 5.29. The molecule has 1 N–H and O–H groups in total. The van der Waals surface area contributed by atoms with Gasteiger partial charge in [0, 0.05) is 12.9 Å². The molecule has 0 aliphatic carbocycles. The van der Waals surface area contributed by atoms with Crippen LogP contribution in [0.15, 0.2) is 0 Å². The first-order valence-corrected chi connectivity index (χ1v) is 5.19. The lowest BCUT2D eigenvalue weighted by molar-refractivity contribution is -0.143. The van der Waals surface area contributed by atoms with E-state index in [4.69, 9.17) is 9.84 Å². The number of hydrogen-bond acceptors (Lipinski definition) is 3. The van der Waals surface area contributed by atoms with Gasteiger partial charge in [0.25, 0.3) is 0 Å². The maximum atomic E-state index is 10.5. The van der Waals surface area contributed by atoms with Crippen molar-refractivity contribution in [1.29, 1.82) is 0 Å². The molecule has 1 aliphatic heterocycles. The van der Waals surface area contributed by atoms with Crippen molar-refractivity contribution in [1.82, 2.24) is 0 Å². The van der Waals surface area contributed by atoms with Crippen LogP contribution in [0.1, 0.15) is 19.3 Å². The van der Waals surface area contributed by atoms with Crippen LogP contribution in [0.2, 0.25) is 0 Å². The summed E-state index contributed by atoms with van der Waals surface area (Å²) in [6.07, 6.45) is 2.07. The molecule has 0 bridgehead atoms. The van der Waals surface area contributed by atoms with Crippen LogP contribution in [0, 0.1) is 0 Å². The minimum Gasteiger partial charge on any atom is -0.481 e. The normalized spacial score (nSPS) is 30.1. The molecule has 1 heterocycles. The summed E-state index contributed by atoms with van der Waals surface area (Å²) in [5.74, 6) is 1.18. The predicted molar refractivity (Wildman–Crippen MR) is 48.6 cm³/mol. The van der Waals surface area contributed by atoms with Crippen molar-refractivity contribution >= 4 is 17.7 Å². The van der Waals surface area contributed by atoms with Gasteiger partial charge in [-0.3, -0.25) is 4.79 Å². The molecule has 1 atom stereocenters. The summed E-state index contributed by atoms with van der Waals surface area (Å²) in [5, 5.41) is 8.67. The van der Waals surface area contributed by atoms with Crippen LogP contribution in [-0.4, -0.2) is 35.3 Å². The minimum absolute atomic E-state index is 0.135. The van der Waals surface area contributed by atoms with Gasteiger partial charge in [-0.1, -0.05) is 0 Å². The van der Waals surface area contributed by atoms with Gasteiger partial charge in [0.2, 0.25) is 0 Å². The molecule has 1 fully saturated rings. The van der Waals surface area contributed by atoms with Crippen molar-refractivity contribution in [2.75, 3.05) is 18.6 Å². The molecule has 0 spiro atoms. The fraction of sp³-hybridized carbons (Fsp3) is 0.875. The third-order valence-electron chi connectivity index (χ3n) is 2.19. The average Bonchev–Trinajstić information content (AvgIpc) is 2.05. The van der Waals surface area contributed by atoms with Crippen molar-refractivity contribution in [3.05, 3.63) is 0 Å². The van der Waals surface area contributed by atoms with Crippen molar-refractivity contribution < 1.29 is 14.6 Å². The molecule has 0 aromatic rings. The zero-order valence-electron chi connectivity index (χ0n) is 7.21. The number of ether oxygens (including phenoxy) is 1. The number of methoxy groups -OCH3 is 1. The highest BCUT2D eigenvalue weighted by atomic mass is 32.2. The van der Waals surface area contributed by atoms with E-state index < -0.39 is 11.6 Å². The molecule has 0 aromatic carbocycles. The molecule has 0 aromatic heterocycles. The third-order valence-corrected chi connectivity index (χ3v) is 3.50. The van der Waals surface area contributed by atoms with Gasteiger partial charge in [-0.05, 0) is 18.6 Å². The van der Waals surface area contributed by atoms with Gasteiger partial charge < -0.3 is 9.84 Å². The Morgan fingerprint density at radius 3 is 2.92 bits per heavy atom. The van der Waals surface area contributed by atoms with Gasteiger partial charge in [0.15, 0.2) is 0 Å². The number of carbonyl (C=O) groups is 1. The van der Waals surface area contributed by atoms with Crippen LogP contribution in [0.3, 0.4) is 0 Å². The highest BCUT2D eigenvalue weighted by Gasteiger charge is 2.34. The van der Waals surface area contributed by atoms with Crippen LogP contribution in [-0.2, 0) is 9.53 Å². The van der Waals surface area contributed by atoms with Crippen molar-refractivity contribution in [2.24, 2.45) is 0 Å². The van der Waals surface area contributed by atoms with E-state index in [0.29, 0.717) is 0 Å². The van der Waals surface area contributed by atoms with Crippen molar-refractivity contribution in [3.8, 4) is 0 Å². The fourth-order valence-electron chi connectivity index (χ4n) is 1.47. The largest absolute Gasteiger partial charge is 0.481 e. The topological polar surface area (TPSA) is 46.5 Å². The van der Waals surface area contributed by atoms with Crippen LogP contribution in [0.4, 0.5) is 0 Å². The van der Waals surface area contributed by atoms with E-state index in [2.05, 4.69) is 0 Å². The van der Waals surface area contributed by atoms with E-state index in [1.54, 1.807) is 18.9 Å². The summed E-state index contributed by atoms with van der Waals surface area (Å²) in [6.45, 7) is 0. The van der Waals surface area contributed by atoms with Gasteiger partial charge in [0.1, 0.15) is 0 Å². The Kier molecular flexibility index (Phi) is 3.40. The second-order valence-electron chi connectivity index (χ2n) is 3.11. The fourth-order valence-corrected chi connectivity index (χ4v) is 2.70. The quantitative estimate of drug-likeness (QED) is 0.730. The molecular weight excluding hydrogens is 176 g/mol. The summed E-state index contributed by atoms with van der Waals surface area (Å²) >= 11 is 1.78. The smallest absolute Gasteiger partial charge is 0.306 e. The van der Waals surface area contributed by atoms with E-state index >= 15 is 0 Å². The second-order valence-corrected chi connectivity index (χ2v) is 4.22. The first kappa shape index (κ1) is 9.86. The zero-order valence-corrected chi connectivity index (χ0v) is 8.02. The van der Waals surface area contributed by atoms with E-state index in [1.165, 1.54) is 0 Å². The highest BCUT2D eigenvalue weighted by Crippen LogP contribution is 2.32. The molecule has 1 unspecified atom stereocenters. The van der Waals surface area contributed by atoms with E-state index in [-0.39, 0.29) is 6.42 Å². The lowest BCUT2D eigenvalue weighted by Crippen LogP contribution is -2.39. The monoisotopic (exact) mass is 190 g/mol. The molecule has 4 heteroatoms. The number of thioether (sulfide) groups is 1. The van der Waals surface area contributed by atoms with Gasteiger partial charge >= 0.3 is 5.97 Å². The molecule has 12 heavy (non-hydrogen) atoms. The summed E-state index contributed by atoms with van der Waals surface area (Å²) in [7, 11) is 1.61.